The summed E-state index contributed by atoms with van der Waals surface area (Å²) in [5, 5.41) is 12.9. The zero-order chi connectivity index (χ0) is 15.7. The maximum Gasteiger partial charge on any atom is 0.0897 e. The first kappa shape index (κ1) is 15.2. The van der Waals surface area contributed by atoms with Gasteiger partial charge in [0.05, 0.1) is 17.5 Å². The Morgan fingerprint density at radius 1 is 1.36 bits per heavy atom. The Balaban J connectivity index is 1.68. The molecule has 1 aliphatic heterocycles. The molecule has 0 saturated carbocycles. The van der Waals surface area contributed by atoms with Crippen molar-refractivity contribution >= 4 is 0 Å². The van der Waals surface area contributed by atoms with Gasteiger partial charge in [-0.2, -0.15) is 5.10 Å². The van der Waals surface area contributed by atoms with Gasteiger partial charge in [-0.05, 0) is 19.9 Å². The minimum absolute atomic E-state index is 0.156. The molecule has 0 N–H and O–H groups in total. The quantitative estimate of drug-likeness (QED) is 0.831. The van der Waals surface area contributed by atoms with Crippen molar-refractivity contribution in [2.75, 3.05) is 20.2 Å². The summed E-state index contributed by atoms with van der Waals surface area (Å²) in [6.07, 6.45) is 4.18. The third-order valence-corrected chi connectivity index (χ3v) is 4.22. The van der Waals surface area contributed by atoms with Gasteiger partial charge >= 0.3 is 0 Å². The van der Waals surface area contributed by atoms with Crippen LogP contribution in [0.2, 0.25) is 0 Å². The zero-order valence-electron chi connectivity index (χ0n) is 13.7. The average molecular weight is 304 g/mol. The highest BCUT2D eigenvalue weighted by atomic mass is 16.5. The van der Waals surface area contributed by atoms with E-state index in [4.69, 9.17) is 4.74 Å². The molecule has 0 aromatic carbocycles. The number of nitrogens with zero attached hydrogens (tertiary/aromatic N) is 6. The van der Waals surface area contributed by atoms with Crippen LogP contribution in [0.15, 0.2) is 18.5 Å². The number of ether oxygens (including phenoxy) is 1. The molecule has 7 heteroatoms. The second-order valence-electron chi connectivity index (χ2n) is 6.27. The molecule has 120 valence electrons. The van der Waals surface area contributed by atoms with Gasteiger partial charge in [0.25, 0.3) is 0 Å². The molecule has 3 rings (SSSR count). The second kappa shape index (κ2) is 6.18. The lowest BCUT2D eigenvalue weighted by Gasteiger charge is -2.13. The predicted molar refractivity (Wildman–Crippen MR) is 82.4 cm³/mol. The average Bonchev–Trinajstić information content (AvgIpc) is 3.18. The van der Waals surface area contributed by atoms with E-state index < -0.39 is 0 Å². The fourth-order valence-electron chi connectivity index (χ4n) is 3.02. The smallest absolute Gasteiger partial charge is 0.0897 e. The summed E-state index contributed by atoms with van der Waals surface area (Å²) in [5.41, 5.74) is 2.10. The maximum absolute atomic E-state index is 5.65. The summed E-state index contributed by atoms with van der Waals surface area (Å²) < 4.78 is 9.40. The predicted octanol–water partition coefficient (Wildman–Crippen LogP) is 1.21. The molecular formula is C15H24N6O. The summed E-state index contributed by atoms with van der Waals surface area (Å²) in [6, 6.07) is 2.49. The van der Waals surface area contributed by atoms with Gasteiger partial charge in [-0.3, -0.25) is 14.3 Å². The Morgan fingerprint density at radius 2 is 2.18 bits per heavy atom. The molecule has 0 aliphatic carbocycles. The van der Waals surface area contributed by atoms with Crippen LogP contribution in [0.4, 0.5) is 0 Å². The molecule has 2 atom stereocenters. The van der Waals surface area contributed by atoms with E-state index >= 15 is 0 Å². The van der Waals surface area contributed by atoms with Crippen LogP contribution in [-0.2, 0) is 18.3 Å². The van der Waals surface area contributed by atoms with E-state index in [2.05, 4.69) is 40.2 Å². The van der Waals surface area contributed by atoms with Gasteiger partial charge in [0, 0.05) is 58.1 Å². The summed E-state index contributed by atoms with van der Waals surface area (Å²) >= 11 is 0. The second-order valence-corrected chi connectivity index (χ2v) is 6.27. The number of methoxy groups -OCH3 is 1. The van der Waals surface area contributed by atoms with Gasteiger partial charge in [-0.1, -0.05) is 5.21 Å². The lowest BCUT2D eigenvalue weighted by Crippen LogP contribution is -2.23. The van der Waals surface area contributed by atoms with Crippen molar-refractivity contribution < 1.29 is 4.74 Å². The van der Waals surface area contributed by atoms with Crippen LogP contribution in [0.3, 0.4) is 0 Å². The fourth-order valence-corrected chi connectivity index (χ4v) is 3.02. The molecular weight excluding hydrogens is 280 g/mol. The third kappa shape index (κ3) is 3.05. The van der Waals surface area contributed by atoms with Crippen LogP contribution < -0.4 is 0 Å². The van der Waals surface area contributed by atoms with Crippen molar-refractivity contribution in [2.24, 2.45) is 7.05 Å². The molecule has 1 fully saturated rings. The van der Waals surface area contributed by atoms with E-state index in [1.807, 2.05) is 24.1 Å². The summed E-state index contributed by atoms with van der Waals surface area (Å²) in [4.78, 5) is 2.38. The highest BCUT2D eigenvalue weighted by Crippen LogP contribution is 2.28. The van der Waals surface area contributed by atoms with Crippen molar-refractivity contribution in [3.8, 4) is 0 Å². The van der Waals surface area contributed by atoms with Crippen molar-refractivity contribution in [3.05, 3.63) is 29.8 Å². The maximum atomic E-state index is 5.65. The molecule has 0 radical (unpaired) electrons. The minimum Gasteiger partial charge on any atom is -0.379 e. The molecule has 0 spiro atoms. The Labute approximate surface area is 130 Å². The van der Waals surface area contributed by atoms with Gasteiger partial charge < -0.3 is 4.74 Å². The first-order valence-corrected chi connectivity index (χ1v) is 7.72. The lowest BCUT2D eigenvalue weighted by molar-refractivity contribution is 0.0956. The van der Waals surface area contributed by atoms with Crippen molar-refractivity contribution in [3.63, 3.8) is 0 Å². The molecule has 0 amide bonds. The third-order valence-electron chi connectivity index (χ3n) is 4.22. The number of hydrogen-bond donors (Lipinski definition) is 0. The topological polar surface area (TPSA) is 61.0 Å². The number of hydrogen-bond acceptors (Lipinski definition) is 5. The molecule has 2 aromatic rings. The van der Waals surface area contributed by atoms with Crippen LogP contribution in [0.5, 0.6) is 0 Å². The Morgan fingerprint density at radius 3 is 2.77 bits per heavy atom. The fraction of sp³-hybridized carbons (Fsp3) is 0.667. The SMILES string of the molecule is CO[C@@H]1CN(Cc2ccn(C(C)C)n2)C[C@H]1c1cn(C)nn1. The van der Waals surface area contributed by atoms with Gasteiger partial charge in [0.2, 0.25) is 0 Å². The molecule has 2 aromatic heterocycles. The molecule has 1 saturated heterocycles. The Kier molecular flexibility index (Phi) is 4.26. The highest BCUT2D eigenvalue weighted by molar-refractivity contribution is 5.11. The van der Waals surface area contributed by atoms with Crippen molar-refractivity contribution in [2.45, 2.75) is 38.5 Å². The van der Waals surface area contributed by atoms with E-state index in [-0.39, 0.29) is 12.0 Å². The largest absolute Gasteiger partial charge is 0.379 e. The van der Waals surface area contributed by atoms with Gasteiger partial charge in [-0.25, -0.2) is 0 Å². The Bertz CT molecular complexity index is 619. The summed E-state index contributed by atoms with van der Waals surface area (Å²) in [7, 11) is 3.66. The highest BCUT2D eigenvalue weighted by Gasteiger charge is 2.35. The first-order chi connectivity index (χ1) is 10.6. The molecule has 3 heterocycles. The van der Waals surface area contributed by atoms with Crippen LogP contribution in [0, 0.1) is 0 Å². The molecule has 0 unspecified atom stereocenters. The molecule has 7 nitrogen and oxygen atoms in total. The van der Waals surface area contributed by atoms with Crippen molar-refractivity contribution in [1.29, 1.82) is 0 Å². The van der Waals surface area contributed by atoms with E-state index in [0.29, 0.717) is 6.04 Å². The number of likely N-dealkylation sites (tertiary alicyclic amines) is 1. The normalized spacial score (nSPS) is 22.8. The van der Waals surface area contributed by atoms with Gasteiger partial charge in [-0.15, -0.1) is 5.10 Å². The zero-order valence-corrected chi connectivity index (χ0v) is 13.7. The van der Waals surface area contributed by atoms with Crippen molar-refractivity contribution in [1.82, 2.24) is 29.7 Å². The standard InChI is InChI=1S/C15H24N6O/c1-11(2)21-6-5-12(17-21)7-20-8-13(15(10-20)22-4)14-9-19(3)18-16-14/h5-6,9,11,13,15H,7-8,10H2,1-4H3/t13-,15+/m0/s1. The summed E-state index contributed by atoms with van der Waals surface area (Å²) in [5.74, 6) is 0.269. The van der Waals surface area contributed by atoms with Crippen LogP contribution in [0.1, 0.15) is 37.2 Å². The van der Waals surface area contributed by atoms with E-state index in [9.17, 15) is 0 Å². The van der Waals surface area contributed by atoms with E-state index in [0.717, 1.165) is 31.0 Å². The van der Waals surface area contributed by atoms with Gasteiger partial charge in [0.1, 0.15) is 0 Å². The van der Waals surface area contributed by atoms with E-state index in [1.54, 1.807) is 11.8 Å². The minimum atomic E-state index is 0.156. The van der Waals surface area contributed by atoms with Crippen LogP contribution >= 0.6 is 0 Å². The molecule has 1 aliphatic rings. The molecule has 0 bridgehead atoms. The van der Waals surface area contributed by atoms with Crippen LogP contribution in [0.25, 0.3) is 0 Å². The summed E-state index contributed by atoms with van der Waals surface area (Å²) in [6.45, 7) is 6.93. The number of rotatable bonds is 5. The molecule has 22 heavy (non-hydrogen) atoms. The lowest BCUT2D eigenvalue weighted by atomic mass is 10.0. The van der Waals surface area contributed by atoms with E-state index in [1.165, 1.54) is 0 Å². The Hall–Kier alpha value is -1.73. The first-order valence-electron chi connectivity index (χ1n) is 7.72. The number of aryl methyl sites for hydroxylation is 1. The monoisotopic (exact) mass is 304 g/mol. The van der Waals surface area contributed by atoms with Gasteiger partial charge in [0.15, 0.2) is 0 Å². The van der Waals surface area contributed by atoms with Crippen LogP contribution in [-0.4, -0.2) is 56.0 Å². The number of aromatic nitrogens is 5.